The Balaban J connectivity index is 2.41. The maximum absolute atomic E-state index is 10.0. The minimum Gasteiger partial charge on any atom is -0.497 e. The Morgan fingerprint density at radius 2 is 2.24 bits per heavy atom. The molecule has 0 saturated carbocycles. The summed E-state index contributed by atoms with van der Waals surface area (Å²) in [7, 11) is 1.55. The molecule has 2 rings (SSSR count). The Morgan fingerprint density at radius 1 is 1.47 bits per heavy atom. The fourth-order valence-corrected chi connectivity index (χ4v) is 2.25. The van der Waals surface area contributed by atoms with Crippen LogP contribution in [0, 0.1) is 0 Å². The molecule has 0 bridgehead atoms. The van der Waals surface area contributed by atoms with Gasteiger partial charge in [-0.05, 0) is 17.7 Å². The predicted molar refractivity (Wildman–Crippen MR) is 61.8 cm³/mol. The van der Waals surface area contributed by atoms with Crippen LogP contribution < -0.4 is 10.1 Å². The van der Waals surface area contributed by atoms with Crippen molar-refractivity contribution in [2.24, 2.45) is 0 Å². The highest BCUT2D eigenvalue weighted by molar-refractivity contribution is 5.36. The summed E-state index contributed by atoms with van der Waals surface area (Å²) < 4.78 is 5.11. The van der Waals surface area contributed by atoms with Crippen LogP contribution in [0.15, 0.2) is 24.3 Å². The van der Waals surface area contributed by atoms with Crippen LogP contribution in [0.3, 0.4) is 0 Å². The lowest BCUT2D eigenvalue weighted by atomic mass is 9.86. The highest BCUT2D eigenvalue weighted by Crippen LogP contribution is 2.32. The average Bonchev–Trinajstić information content (AvgIpc) is 2.67. The molecule has 0 aliphatic carbocycles. The predicted octanol–water partition coefficient (Wildman–Crippen LogP) is -0.792. The molecule has 1 saturated heterocycles. The van der Waals surface area contributed by atoms with Gasteiger partial charge in [-0.2, -0.15) is 0 Å². The zero-order chi connectivity index (χ0) is 12.5. The number of aliphatic hydroxyl groups is 3. The maximum atomic E-state index is 10.0. The Bertz CT molecular complexity index is 398. The van der Waals surface area contributed by atoms with Crippen molar-refractivity contribution in [3.63, 3.8) is 0 Å². The van der Waals surface area contributed by atoms with Crippen molar-refractivity contribution >= 4 is 0 Å². The third-order valence-electron chi connectivity index (χ3n) is 3.33. The molecule has 0 spiro atoms. The first-order valence-electron chi connectivity index (χ1n) is 5.50. The Hall–Kier alpha value is -1.14. The molecular formula is C12H17NO4. The number of β-amino-alcohol motifs (C(OH)–C–C–N with tert-alkyl or cyclic N) is 1. The monoisotopic (exact) mass is 239 g/mol. The van der Waals surface area contributed by atoms with Crippen LogP contribution in [-0.4, -0.2) is 47.8 Å². The number of nitrogens with one attached hydrogen (secondary N) is 1. The lowest BCUT2D eigenvalue weighted by molar-refractivity contribution is -0.0111. The van der Waals surface area contributed by atoms with Gasteiger partial charge in [-0.15, -0.1) is 0 Å². The summed E-state index contributed by atoms with van der Waals surface area (Å²) in [5.41, 5.74) is -0.322. The van der Waals surface area contributed by atoms with Crippen LogP contribution in [0.1, 0.15) is 5.56 Å². The van der Waals surface area contributed by atoms with Gasteiger partial charge in [-0.25, -0.2) is 0 Å². The molecule has 3 atom stereocenters. The Morgan fingerprint density at radius 3 is 2.76 bits per heavy atom. The highest BCUT2D eigenvalue weighted by atomic mass is 16.5. The van der Waals surface area contributed by atoms with E-state index in [0.29, 0.717) is 11.3 Å². The van der Waals surface area contributed by atoms with E-state index in [-0.39, 0.29) is 13.2 Å². The number of rotatable bonds is 3. The Kier molecular flexibility index (Phi) is 3.35. The van der Waals surface area contributed by atoms with Gasteiger partial charge in [-0.3, -0.25) is 0 Å². The number of benzene rings is 1. The largest absolute Gasteiger partial charge is 0.497 e. The van der Waals surface area contributed by atoms with Gasteiger partial charge in [-0.1, -0.05) is 12.1 Å². The lowest BCUT2D eigenvalue weighted by Crippen LogP contribution is -2.49. The van der Waals surface area contributed by atoms with Crippen LogP contribution in [-0.2, 0) is 5.54 Å². The van der Waals surface area contributed by atoms with E-state index in [9.17, 15) is 15.3 Å². The molecule has 1 aromatic carbocycles. The minimum absolute atomic E-state index is 0.249. The highest BCUT2D eigenvalue weighted by Gasteiger charge is 2.48. The zero-order valence-electron chi connectivity index (χ0n) is 9.63. The van der Waals surface area contributed by atoms with E-state index in [0.717, 1.165) is 0 Å². The van der Waals surface area contributed by atoms with Gasteiger partial charge in [0.1, 0.15) is 11.9 Å². The first-order chi connectivity index (χ1) is 8.14. The zero-order valence-corrected chi connectivity index (χ0v) is 9.63. The molecule has 4 N–H and O–H groups in total. The first-order valence-corrected chi connectivity index (χ1v) is 5.50. The van der Waals surface area contributed by atoms with Crippen molar-refractivity contribution in [3.05, 3.63) is 29.8 Å². The lowest BCUT2D eigenvalue weighted by Gasteiger charge is -2.32. The van der Waals surface area contributed by atoms with Crippen molar-refractivity contribution in [1.82, 2.24) is 5.32 Å². The number of aliphatic hydroxyl groups excluding tert-OH is 3. The maximum Gasteiger partial charge on any atom is 0.119 e. The van der Waals surface area contributed by atoms with Crippen LogP contribution in [0.5, 0.6) is 5.75 Å². The fraction of sp³-hybridized carbons (Fsp3) is 0.500. The van der Waals surface area contributed by atoms with Crippen molar-refractivity contribution in [1.29, 1.82) is 0 Å². The van der Waals surface area contributed by atoms with E-state index in [1.807, 2.05) is 0 Å². The van der Waals surface area contributed by atoms with Gasteiger partial charge in [0, 0.05) is 6.54 Å². The second-order valence-corrected chi connectivity index (χ2v) is 4.25. The third kappa shape index (κ3) is 1.91. The van der Waals surface area contributed by atoms with Gasteiger partial charge >= 0.3 is 0 Å². The molecule has 17 heavy (non-hydrogen) atoms. The van der Waals surface area contributed by atoms with E-state index in [4.69, 9.17) is 4.74 Å². The van der Waals surface area contributed by atoms with Gasteiger partial charge < -0.3 is 25.4 Å². The van der Waals surface area contributed by atoms with E-state index < -0.39 is 17.7 Å². The molecule has 1 aromatic rings. The summed E-state index contributed by atoms with van der Waals surface area (Å²) in [5.74, 6) is 0.644. The molecule has 1 aliphatic heterocycles. The molecule has 0 amide bonds. The van der Waals surface area contributed by atoms with Gasteiger partial charge in [0.15, 0.2) is 0 Å². The molecule has 1 heterocycles. The average molecular weight is 239 g/mol. The van der Waals surface area contributed by atoms with Crippen LogP contribution in [0.25, 0.3) is 0 Å². The number of hydrogen-bond acceptors (Lipinski definition) is 5. The van der Waals surface area contributed by atoms with Crippen molar-refractivity contribution < 1.29 is 20.1 Å². The summed E-state index contributed by atoms with van der Waals surface area (Å²) in [5, 5.41) is 32.1. The normalized spacial score (nSPS) is 32.7. The van der Waals surface area contributed by atoms with E-state index >= 15 is 0 Å². The summed E-state index contributed by atoms with van der Waals surface area (Å²) >= 11 is 0. The number of hydrogen-bond donors (Lipinski definition) is 4. The summed E-state index contributed by atoms with van der Waals surface area (Å²) in [6.45, 7) is -0.0443. The smallest absolute Gasteiger partial charge is 0.119 e. The van der Waals surface area contributed by atoms with E-state index in [1.54, 1.807) is 31.4 Å². The molecule has 5 nitrogen and oxygen atoms in total. The second kappa shape index (κ2) is 4.62. The molecular weight excluding hydrogens is 222 g/mol. The SMILES string of the molecule is COc1cccc([C@]2(CO)NC[C@@H](O)[C@@H]2O)c1. The quantitative estimate of drug-likeness (QED) is 0.555. The van der Waals surface area contributed by atoms with Crippen LogP contribution in [0.4, 0.5) is 0 Å². The number of ether oxygens (including phenoxy) is 1. The van der Waals surface area contributed by atoms with Crippen LogP contribution >= 0.6 is 0 Å². The number of methoxy groups -OCH3 is 1. The standard InChI is InChI=1S/C12H17NO4/c1-17-9-4-2-3-8(5-9)12(7-14)11(16)10(15)6-13-12/h2-5,10-11,13-16H,6-7H2,1H3/t10-,11+,12+/m1/s1. The van der Waals surface area contributed by atoms with Gasteiger partial charge in [0.05, 0.1) is 25.4 Å². The molecule has 1 fully saturated rings. The first kappa shape index (κ1) is 12.3. The van der Waals surface area contributed by atoms with Crippen LogP contribution in [0.2, 0.25) is 0 Å². The van der Waals surface area contributed by atoms with Gasteiger partial charge in [0.25, 0.3) is 0 Å². The second-order valence-electron chi connectivity index (χ2n) is 4.25. The summed E-state index contributed by atoms with van der Waals surface area (Å²) in [4.78, 5) is 0. The topological polar surface area (TPSA) is 82.0 Å². The fourth-order valence-electron chi connectivity index (χ4n) is 2.25. The van der Waals surface area contributed by atoms with Gasteiger partial charge in [0.2, 0.25) is 0 Å². The molecule has 0 unspecified atom stereocenters. The summed E-state index contributed by atoms with van der Waals surface area (Å²) in [6.07, 6.45) is -1.92. The Labute approximate surface area is 99.7 Å². The van der Waals surface area contributed by atoms with E-state index in [1.165, 1.54) is 0 Å². The molecule has 5 heteroatoms. The van der Waals surface area contributed by atoms with Crippen molar-refractivity contribution in [2.45, 2.75) is 17.7 Å². The molecule has 0 radical (unpaired) electrons. The van der Waals surface area contributed by atoms with E-state index in [2.05, 4.69) is 5.32 Å². The molecule has 1 aliphatic rings. The van der Waals surface area contributed by atoms with Crippen molar-refractivity contribution in [3.8, 4) is 5.75 Å². The molecule has 0 aromatic heterocycles. The minimum atomic E-state index is -1.04. The molecule has 94 valence electrons. The van der Waals surface area contributed by atoms with Crippen molar-refractivity contribution in [2.75, 3.05) is 20.3 Å². The summed E-state index contributed by atoms with van der Waals surface area (Å²) in [6, 6.07) is 7.09. The third-order valence-corrected chi connectivity index (χ3v) is 3.33.